The highest BCUT2D eigenvalue weighted by Crippen LogP contribution is 2.31. The minimum atomic E-state index is 0.0302. The van der Waals surface area contributed by atoms with Gasteiger partial charge in [-0.3, -0.25) is 4.79 Å². The molecule has 0 atom stereocenters. The number of amides is 1. The Balaban J connectivity index is 1.40. The van der Waals surface area contributed by atoms with Gasteiger partial charge in [0.25, 0.3) is 0 Å². The van der Waals surface area contributed by atoms with Gasteiger partial charge < -0.3 is 19.9 Å². The highest BCUT2D eigenvalue weighted by molar-refractivity contribution is 5.93. The number of morpholine rings is 1. The fourth-order valence-corrected chi connectivity index (χ4v) is 4.06. The Labute approximate surface area is 172 Å². The Hall–Kier alpha value is -2.67. The fourth-order valence-electron chi connectivity index (χ4n) is 4.06. The second-order valence-corrected chi connectivity index (χ2v) is 7.83. The molecule has 29 heavy (non-hydrogen) atoms. The van der Waals surface area contributed by atoms with E-state index >= 15 is 0 Å². The summed E-state index contributed by atoms with van der Waals surface area (Å²) in [5.74, 6) is 1.13. The lowest BCUT2D eigenvalue weighted by Crippen LogP contribution is -2.41. The van der Waals surface area contributed by atoms with Crippen LogP contribution in [0.4, 0.5) is 17.2 Å². The predicted molar refractivity (Wildman–Crippen MR) is 115 cm³/mol. The maximum absolute atomic E-state index is 12.8. The van der Waals surface area contributed by atoms with Gasteiger partial charge >= 0.3 is 0 Å². The van der Waals surface area contributed by atoms with E-state index in [1.807, 2.05) is 18.3 Å². The molecule has 1 amide bonds. The van der Waals surface area contributed by atoms with Crippen LogP contribution in [-0.4, -0.2) is 55.3 Å². The molecule has 3 heterocycles. The molecule has 0 spiro atoms. The molecule has 2 saturated heterocycles. The first-order valence-electron chi connectivity index (χ1n) is 10.4. The summed E-state index contributed by atoms with van der Waals surface area (Å²) >= 11 is 0. The largest absolute Gasteiger partial charge is 0.378 e. The first kappa shape index (κ1) is 19.6. The number of aryl methyl sites for hydroxylation is 1. The minimum Gasteiger partial charge on any atom is -0.378 e. The van der Waals surface area contributed by atoms with Gasteiger partial charge in [0, 0.05) is 37.8 Å². The molecule has 0 bridgehead atoms. The summed E-state index contributed by atoms with van der Waals surface area (Å²) in [4.78, 5) is 26.2. The van der Waals surface area contributed by atoms with Crippen LogP contribution in [0, 0.1) is 19.8 Å². The van der Waals surface area contributed by atoms with E-state index in [-0.39, 0.29) is 11.8 Å². The van der Waals surface area contributed by atoms with Gasteiger partial charge in [-0.25, -0.2) is 9.97 Å². The van der Waals surface area contributed by atoms with E-state index in [4.69, 9.17) is 4.74 Å². The number of carbonyl (C=O) groups excluding carboxylic acids is 1. The smallest absolute Gasteiger partial charge is 0.227 e. The van der Waals surface area contributed by atoms with Crippen LogP contribution >= 0.6 is 0 Å². The van der Waals surface area contributed by atoms with Crippen molar-refractivity contribution in [3.8, 4) is 0 Å². The standard InChI is InChI=1S/C22H29N5O2/c1-16-4-3-5-19(17(16)2)25-22(28)18-6-8-26(9-7-18)20-14-23-15-24-21(20)27-10-12-29-13-11-27/h3-5,14-15,18H,6-13H2,1-2H3,(H,25,28). The summed E-state index contributed by atoms with van der Waals surface area (Å²) < 4.78 is 5.47. The molecule has 0 aliphatic carbocycles. The maximum atomic E-state index is 12.8. The molecular weight excluding hydrogens is 366 g/mol. The number of rotatable bonds is 4. The molecular formula is C22H29N5O2. The summed E-state index contributed by atoms with van der Waals surface area (Å²) in [5, 5.41) is 3.13. The van der Waals surface area contributed by atoms with E-state index in [0.29, 0.717) is 0 Å². The van der Waals surface area contributed by atoms with Crippen LogP contribution in [-0.2, 0) is 9.53 Å². The second-order valence-electron chi connectivity index (χ2n) is 7.83. The summed E-state index contributed by atoms with van der Waals surface area (Å²) in [6.07, 6.45) is 5.16. The Morgan fingerprint density at radius 2 is 1.86 bits per heavy atom. The third-order valence-electron chi connectivity index (χ3n) is 6.05. The molecule has 1 N–H and O–H groups in total. The van der Waals surface area contributed by atoms with Crippen molar-refractivity contribution in [1.29, 1.82) is 0 Å². The number of carbonyl (C=O) groups is 1. The summed E-state index contributed by atoms with van der Waals surface area (Å²) in [5.41, 5.74) is 4.30. The lowest BCUT2D eigenvalue weighted by atomic mass is 9.95. The zero-order chi connectivity index (χ0) is 20.2. The molecule has 0 unspecified atom stereocenters. The summed E-state index contributed by atoms with van der Waals surface area (Å²) in [6, 6.07) is 6.03. The van der Waals surface area contributed by atoms with Crippen LogP contribution in [0.2, 0.25) is 0 Å². The molecule has 2 aromatic rings. The molecule has 154 valence electrons. The number of nitrogens with one attached hydrogen (secondary N) is 1. The van der Waals surface area contributed by atoms with Gasteiger partial charge in [0.2, 0.25) is 5.91 Å². The van der Waals surface area contributed by atoms with Crippen molar-refractivity contribution in [2.24, 2.45) is 5.92 Å². The molecule has 7 nitrogen and oxygen atoms in total. The molecule has 1 aromatic heterocycles. The van der Waals surface area contributed by atoms with Gasteiger partial charge in [0.1, 0.15) is 6.33 Å². The van der Waals surface area contributed by atoms with Crippen molar-refractivity contribution in [2.75, 3.05) is 54.5 Å². The number of benzene rings is 1. The summed E-state index contributed by atoms with van der Waals surface area (Å²) in [6.45, 7) is 8.92. The van der Waals surface area contributed by atoms with Crippen LogP contribution in [0.5, 0.6) is 0 Å². The molecule has 4 rings (SSSR count). The third kappa shape index (κ3) is 4.34. The highest BCUT2D eigenvalue weighted by atomic mass is 16.5. The highest BCUT2D eigenvalue weighted by Gasteiger charge is 2.28. The Kier molecular flexibility index (Phi) is 5.94. The van der Waals surface area contributed by atoms with Crippen molar-refractivity contribution in [3.05, 3.63) is 41.9 Å². The van der Waals surface area contributed by atoms with Gasteiger partial charge in [0.15, 0.2) is 5.82 Å². The van der Waals surface area contributed by atoms with Crippen LogP contribution in [0.3, 0.4) is 0 Å². The first-order valence-corrected chi connectivity index (χ1v) is 10.4. The van der Waals surface area contributed by atoms with E-state index in [2.05, 4.69) is 45.0 Å². The fraction of sp³-hybridized carbons (Fsp3) is 0.500. The molecule has 2 fully saturated rings. The van der Waals surface area contributed by atoms with Gasteiger partial charge in [0.05, 0.1) is 25.1 Å². The second kappa shape index (κ2) is 8.78. The number of aromatic nitrogens is 2. The van der Waals surface area contributed by atoms with E-state index < -0.39 is 0 Å². The molecule has 1 aromatic carbocycles. The minimum absolute atomic E-state index is 0.0302. The van der Waals surface area contributed by atoms with Crippen molar-refractivity contribution >= 4 is 23.1 Å². The van der Waals surface area contributed by atoms with E-state index in [1.165, 1.54) is 5.56 Å². The number of nitrogens with zero attached hydrogens (tertiary/aromatic N) is 4. The van der Waals surface area contributed by atoms with Crippen molar-refractivity contribution in [3.63, 3.8) is 0 Å². The lowest BCUT2D eigenvalue weighted by molar-refractivity contribution is -0.120. The molecule has 7 heteroatoms. The van der Waals surface area contributed by atoms with Gasteiger partial charge in [-0.15, -0.1) is 0 Å². The molecule has 0 saturated carbocycles. The Morgan fingerprint density at radius 1 is 1.10 bits per heavy atom. The molecule has 2 aliphatic rings. The van der Waals surface area contributed by atoms with Crippen LogP contribution in [0.1, 0.15) is 24.0 Å². The lowest BCUT2D eigenvalue weighted by Gasteiger charge is -2.36. The average Bonchev–Trinajstić information content (AvgIpc) is 2.77. The van der Waals surface area contributed by atoms with E-state index in [0.717, 1.165) is 75.0 Å². The SMILES string of the molecule is Cc1cccc(NC(=O)C2CCN(c3cncnc3N3CCOCC3)CC2)c1C. The van der Waals surface area contributed by atoms with E-state index in [9.17, 15) is 4.79 Å². The first-order chi connectivity index (χ1) is 14.1. The zero-order valence-electron chi connectivity index (χ0n) is 17.2. The van der Waals surface area contributed by atoms with Crippen LogP contribution in [0.25, 0.3) is 0 Å². The Morgan fingerprint density at radius 3 is 2.62 bits per heavy atom. The van der Waals surface area contributed by atoms with Crippen molar-refractivity contribution in [1.82, 2.24) is 9.97 Å². The van der Waals surface area contributed by atoms with Crippen molar-refractivity contribution in [2.45, 2.75) is 26.7 Å². The van der Waals surface area contributed by atoms with Crippen LogP contribution < -0.4 is 15.1 Å². The third-order valence-corrected chi connectivity index (χ3v) is 6.05. The normalized spacial score (nSPS) is 18.0. The van der Waals surface area contributed by atoms with E-state index in [1.54, 1.807) is 6.33 Å². The monoisotopic (exact) mass is 395 g/mol. The van der Waals surface area contributed by atoms with Gasteiger partial charge in [-0.1, -0.05) is 12.1 Å². The number of hydrogen-bond acceptors (Lipinski definition) is 6. The number of hydrogen-bond donors (Lipinski definition) is 1. The number of piperidine rings is 1. The molecule has 2 aliphatic heterocycles. The zero-order valence-corrected chi connectivity index (χ0v) is 17.2. The van der Waals surface area contributed by atoms with Gasteiger partial charge in [-0.05, 0) is 43.9 Å². The van der Waals surface area contributed by atoms with Crippen molar-refractivity contribution < 1.29 is 9.53 Å². The maximum Gasteiger partial charge on any atom is 0.227 e. The summed E-state index contributed by atoms with van der Waals surface area (Å²) in [7, 11) is 0. The number of ether oxygens (including phenoxy) is 1. The molecule has 0 radical (unpaired) electrons. The number of anilines is 3. The predicted octanol–water partition coefficient (Wildman–Crippen LogP) is 2.79. The average molecular weight is 396 g/mol. The van der Waals surface area contributed by atoms with Gasteiger partial charge in [-0.2, -0.15) is 0 Å². The van der Waals surface area contributed by atoms with Crippen LogP contribution in [0.15, 0.2) is 30.7 Å². The topological polar surface area (TPSA) is 70.6 Å². The quantitative estimate of drug-likeness (QED) is 0.858. The Bertz CT molecular complexity index is 858.